The zero-order chi connectivity index (χ0) is 14.3. The van der Waals surface area contributed by atoms with Gasteiger partial charge in [-0.2, -0.15) is 18.0 Å². The second kappa shape index (κ2) is 6.51. The molecule has 0 aliphatic rings. The maximum atomic E-state index is 12.8. The molecule has 0 heterocycles. The first-order valence-electron chi connectivity index (χ1n) is 5.12. The Hall–Kier alpha value is -2.40. The van der Waals surface area contributed by atoms with Crippen molar-refractivity contribution < 1.29 is 27.5 Å². The molecule has 0 atom stereocenters. The van der Waals surface area contributed by atoms with Crippen LogP contribution >= 0.6 is 0 Å². The predicted molar refractivity (Wildman–Crippen MR) is 61.1 cm³/mol. The van der Waals surface area contributed by atoms with Crippen LogP contribution in [0.3, 0.4) is 0 Å². The summed E-state index contributed by atoms with van der Waals surface area (Å²) in [5.41, 5.74) is 7.10. The molecule has 1 aromatic rings. The molecule has 19 heavy (non-hydrogen) atoms. The molecule has 0 radical (unpaired) electrons. The molecule has 7 heteroatoms. The van der Waals surface area contributed by atoms with Gasteiger partial charge in [0.15, 0.2) is 0 Å². The van der Waals surface area contributed by atoms with E-state index in [1.54, 1.807) is 6.07 Å². The number of nitrogens with zero attached hydrogens (tertiary/aromatic N) is 2. The first kappa shape index (κ1) is 14.7. The quantitative estimate of drug-likeness (QED) is 0.365. The van der Waals surface area contributed by atoms with Crippen molar-refractivity contribution in [2.24, 2.45) is 0 Å². The standard InChI is InChI=1S/C12H9F3N2O2/c13-12(14,15)10(9-4-2-1-3-5-9)6-7-19-11(18)8-17-16/h1-6,8H,7H2/b10-6-. The number of ether oxygens (including phenoxy) is 1. The number of hydrogen-bond acceptors (Lipinski definition) is 2. The first-order valence-corrected chi connectivity index (χ1v) is 5.12. The third kappa shape index (κ3) is 4.77. The molecule has 0 saturated carbocycles. The molecule has 1 rings (SSSR count). The van der Waals surface area contributed by atoms with E-state index in [1.165, 1.54) is 24.3 Å². The molecule has 0 spiro atoms. The Bertz CT molecular complexity index is 518. The molecule has 0 amide bonds. The Balaban J connectivity index is 2.88. The van der Waals surface area contributed by atoms with Crippen LogP contribution in [-0.4, -0.2) is 29.8 Å². The van der Waals surface area contributed by atoms with Gasteiger partial charge in [0.1, 0.15) is 6.61 Å². The highest BCUT2D eigenvalue weighted by molar-refractivity contribution is 6.20. The number of benzene rings is 1. The molecule has 0 aliphatic heterocycles. The van der Waals surface area contributed by atoms with Crippen LogP contribution in [0.4, 0.5) is 13.2 Å². The van der Waals surface area contributed by atoms with Crippen molar-refractivity contribution in [3.05, 3.63) is 47.5 Å². The number of esters is 1. The van der Waals surface area contributed by atoms with Crippen LogP contribution in [0.2, 0.25) is 0 Å². The molecule has 100 valence electrons. The minimum Gasteiger partial charge on any atom is -0.453 e. The number of halogens is 3. The van der Waals surface area contributed by atoms with Gasteiger partial charge in [-0.1, -0.05) is 30.3 Å². The molecule has 1 aromatic carbocycles. The summed E-state index contributed by atoms with van der Waals surface area (Å²) in [5.74, 6) is -1.03. The summed E-state index contributed by atoms with van der Waals surface area (Å²) in [6, 6.07) is 7.14. The van der Waals surface area contributed by atoms with E-state index in [4.69, 9.17) is 5.53 Å². The summed E-state index contributed by atoms with van der Waals surface area (Å²) >= 11 is 0. The molecular formula is C12H9F3N2O2. The lowest BCUT2D eigenvalue weighted by atomic mass is 10.1. The van der Waals surface area contributed by atoms with Gasteiger partial charge in [0.05, 0.1) is 5.57 Å². The van der Waals surface area contributed by atoms with Gasteiger partial charge in [0, 0.05) is 0 Å². The maximum Gasteiger partial charge on any atom is 0.416 e. The van der Waals surface area contributed by atoms with Gasteiger partial charge in [0.2, 0.25) is 0 Å². The number of carbonyl (C=O) groups excluding carboxylic acids is 1. The minimum atomic E-state index is -4.56. The molecule has 0 aromatic heterocycles. The van der Waals surface area contributed by atoms with Gasteiger partial charge in [-0.05, 0) is 11.6 Å². The Kier molecular flexibility index (Phi) is 5.02. The van der Waals surface area contributed by atoms with E-state index in [9.17, 15) is 18.0 Å². The SMILES string of the molecule is [N-]=[N+]=CC(=O)OC/C=C(/c1ccccc1)C(F)(F)F. The predicted octanol–water partition coefficient (Wildman–Crippen LogP) is 2.48. The van der Waals surface area contributed by atoms with Gasteiger partial charge in [-0.15, -0.1) is 0 Å². The van der Waals surface area contributed by atoms with Gasteiger partial charge in [0.25, 0.3) is 0 Å². The van der Waals surface area contributed by atoms with Gasteiger partial charge < -0.3 is 10.3 Å². The van der Waals surface area contributed by atoms with E-state index in [1.807, 2.05) is 0 Å². The topological polar surface area (TPSA) is 62.7 Å². The van der Waals surface area contributed by atoms with Gasteiger partial charge in [-0.25, -0.2) is 4.79 Å². The Labute approximate surface area is 106 Å². The normalized spacial score (nSPS) is 11.6. The van der Waals surface area contributed by atoms with Crippen molar-refractivity contribution in [3.63, 3.8) is 0 Å². The monoisotopic (exact) mass is 270 g/mol. The fourth-order valence-electron chi connectivity index (χ4n) is 1.31. The molecule has 0 N–H and O–H groups in total. The van der Waals surface area contributed by atoms with Gasteiger partial charge in [-0.3, -0.25) is 0 Å². The Morgan fingerprint density at radius 2 is 1.95 bits per heavy atom. The summed E-state index contributed by atoms with van der Waals surface area (Å²) in [4.78, 5) is 13.2. The van der Waals surface area contributed by atoms with Crippen molar-refractivity contribution in [1.82, 2.24) is 0 Å². The maximum absolute atomic E-state index is 12.8. The average Bonchev–Trinajstić information content (AvgIpc) is 2.34. The second-order valence-corrected chi connectivity index (χ2v) is 3.36. The van der Waals surface area contributed by atoms with Crippen molar-refractivity contribution in [3.8, 4) is 0 Å². The van der Waals surface area contributed by atoms with Crippen LogP contribution in [0.25, 0.3) is 11.1 Å². The average molecular weight is 270 g/mol. The van der Waals surface area contributed by atoms with Crippen LogP contribution in [0.1, 0.15) is 5.56 Å². The lowest BCUT2D eigenvalue weighted by molar-refractivity contribution is -0.137. The minimum absolute atomic E-state index is 0.0260. The number of hydrogen-bond donors (Lipinski definition) is 0. The number of carbonyl (C=O) groups is 1. The summed E-state index contributed by atoms with van der Waals surface area (Å²) in [6.45, 7) is -0.575. The summed E-state index contributed by atoms with van der Waals surface area (Å²) in [6.07, 6.45) is -3.36. The smallest absolute Gasteiger partial charge is 0.416 e. The Morgan fingerprint density at radius 3 is 2.47 bits per heavy atom. The van der Waals surface area contributed by atoms with E-state index in [2.05, 4.69) is 9.53 Å². The zero-order valence-electron chi connectivity index (χ0n) is 9.59. The molecule has 0 unspecified atom stereocenters. The number of allylic oxidation sites excluding steroid dienone is 1. The van der Waals surface area contributed by atoms with E-state index >= 15 is 0 Å². The van der Waals surface area contributed by atoms with Crippen LogP contribution in [0.15, 0.2) is 36.4 Å². The number of rotatable bonds is 4. The van der Waals surface area contributed by atoms with Crippen molar-refractivity contribution >= 4 is 17.8 Å². The highest BCUT2D eigenvalue weighted by Crippen LogP contribution is 2.33. The lowest BCUT2D eigenvalue weighted by Crippen LogP contribution is -2.13. The van der Waals surface area contributed by atoms with Crippen molar-refractivity contribution in [2.45, 2.75) is 6.18 Å². The summed E-state index contributed by atoms with van der Waals surface area (Å²) in [7, 11) is 0. The third-order valence-corrected chi connectivity index (χ3v) is 2.07. The fourth-order valence-corrected chi connectivity index (χ4v) is 1.31. The van der Waals surface area contributed by atoms with Crippen LogP contribution in [0.5, 0.6) is 0 Å². The molecule has 0 bridgehead atoms. The molecule has 0 aliphatic carbocycles. The van der Waals surface area contributed by atoms with Crippen LogP contribution < -0.4 is 0 Å². The summed E-state index contributed by atoms with van der Waals surface area (Å²) < 4.78 is 42.8. The van der Waals surface area contributed by atoms with E-state index in [-0.39, 0.29) is 5.56 Å². The summed E-state index contributed by atoms with van der Waals surface area (Å²) in [5, 5.41) is 0. The first-order chi connectivity index (χ1) is 8.95. The zero-order valence-corrected chi connectivity index (χ0v) is 9.59. The van der Waals surface area contributed by atoms with Crippen LogP contribution in [0, 0.1) is 0 Å². The highest BCUT2D eigenvalue weighted by Gasteiger charge is 2.34. The molecule has 4 nitrogen and oxygen atoms in total. The Morgan fingerprint density at radius 1 is 1.32 bits per heavy atom. The largest absolute Gasteiger partial charge is 0.453 e. The lowest BCUT2D eigenvalue weighted by Gasteiger charge is -2.11. The number of alkyl halides is 3. The highest BCUT2D eigenvalue weighted by atomic mass is 19.4. The van der Waals surface area contributed by atoms with E-state index < -0.39 is 24.3 Å². The molecular weight excluding hydrogens is 261 g/mol. The third-order valence-electron chi connectivity index (χ3n) is 2.07. The van der Waals surface area contributed by atoms with Crippen molar-refractivity contribution in [1.29, 1.82) is 0 Å². The molecule has 0 fully saturated rings. The van der Waals surface area contributed by atoms with Gasteiger partial charge >= 0.3 is 18.4 Å². The molecule has 0 saturated heterocycles. The van der Waals surface area contributed by atoms with Crippen LogP contribution in [-0.2, 0) is 9.53 Å². The second-order valence-electron chi connectivity index (χ2n) is 3.36. The fraction of sp³-hybridized carbons (Fsp3) is 0.167. The van der Waals surface area contributed by atoms with E-state index in [0.717, 1.165) is 6.08 Å². The van der Waals surface area contributed by atoms with Crippen molar-refractivity contribution in [2.75, 3.05) is 6.61 Å². The van der Waals surface area contributed by atoms with E-state index in [0.29, 0.717) is 6.21 Å².